The zero-order valence-corrected chi connectivity index (χ0v) is 12.7. The van der Waals surface area contributed by atoms with Gasteiger partial charge in [0, 0.05) is 31.4 Å². The Hall–Kier alpha value is -1.81. The van der Waals surface area contributed by atoms with Crippen LogP contribution in [0.2, 0.25) is 0 Å². The lowest BCUT2D eigenvalue weighted by atomic mass is 10.1. The van der Waals surface area contributed by atoms with E-state index < -0.39 is 0 Å². The number of ether oxygens (including phenoxy) is 1. The first-order chi connectivity index (χ1) is 9.56. The van der Waals surface area contributed by atoms with Gasteiger partial charge in [-0.25, -0.2) is 0 Å². The second kappa shape index (κ2) is 6.57. The molecule has 0 spiro atoms. The van der Waals surface area contributed by atoms with Crippen LogP contribution in [0, 0.1) is 13.8 Å². The lowest BCUT2D eigenvalue weighted by Crippen LogP contribution is -2.24. The van der Waals surface area contributed by atoms with E-state index in [1.165, 1.54) is 11.1 Å². The van der Waals surface area contributed by atoms with Crippen molar-refractivity contribution in [2.45, 2.75) is 26.8 Å². The molecule has 0 saturated heterocycles. The Kier molecular flexibility index (Phi) is 4.79. The van der Waals surface area contributed by atoms with E-state index in [1.807, 2.05) is 30.8 Å². The summed E-state index contributed by atoms with van der Waals surface area (Å²) in [6.45, 7) is 7.72. The lowest BCUT2D eigenvalue weighted by Gasteiger charge is -2.13. The van der Waals surface area contributed by atoms with E-state index in [0.717, 1.165) is 18.0 Å². The van der Waals surface area contributed by atoms with Crippen molar-refractivity contribution in [3.8, 4) is 5.75 Å². The van der Waals surface area contributed by atoms with Crippen molar-refractivity contribution >= 4 is 0 Å². The van der Waals surface area contributed by atoms with Crippen molar-refractivity contribution in [1.82, 2.24) is 15.1 Å². The second-order valence-corrected chi connectivity index (χ2v) is 5.18. The molecule has 0 radical (unpaired) electrons. The van der Waals surface area contributed by atoms with Gasteiger partial charge in [-0.1, -0.05) is 12.1 Å². The summed E-state index contributed by atoms with van der Waals surface area (Å²) in [5.74, 6) is 0.928. The summed E-state index contributed by atoms with van der Waals surface area (Å²) in [4.78, 5) is 0. The first-order valence-electron chi connectivity index (χ1n) is 6.99. The number of rotatable bonds is 6. The number of aryl methyl sites for hydroxylation is 3. The van der Waals surface area contributed by atoms with Crippen molar-refractivity contribution in [3.05, 3.63) is 47.3 Å². The van der Waals surface area contributed by atoms with Crippen molar-refractivity contribution in [2.75, 3.05) is 13.2 Å². The first-order valence-corrected chi connectivity index (χ1v) is 6.99. The highest BCUT2D eigenvalue weighted by Gasteiger charge is 2.10. The van der Waals surface area contributed by atoms with E-state index in [2.05, 4.69) is 42.6 Å². The Balaban J connectivity index is 1.77. The van der Waals surface area contributed by atoms with Crippen LogP contribution in [-0.2, 0) is 7.05 Å². The third-order valence-electron chi connectivity index (χ3n) is 3.33. The highest BCUT2D eigenvalue weighted by Crippen LogP contribution is 2.15. The molecule has 108 valence electrons. The molecule has 1 heterocycles. The zero-order chi connectivity index (χ0) is 14.5. The molecule has 1 N–H and O–H groups in total. The highest BCUT2D eigenvalue weighted by molar-refractivity contribution is 5.27. The Morgan fingerprint density at radius 2 is 2.15 bits per heavy atom. The maximum absolute atomic E-state index is 5.73. The molecule has 0 saturated carbocycles. The third kappa shape index (κ3) is 3.84. The summed E-state index contributed by atoms with van der Waals surface area (Å²) < 4.78 is 7.58. The number of nitrogens with one attached hydrogen (secondary N) is 1. The van der Waals surface area contributed by atoms with E-state index in [-0.39, 0.29) is 6.04 Å². The van der Waals surface area contributed by atoms with Crippen molar-refractivity contribution < 1.29 is 4.74 Å². The minimum Gasteiger partial charge on any atom is -0.492 e. The van der Waals surface area contributed by atoms with Gasteiger partial charge in [0.1, 0.15) is 12.4 Å². The van der Waals surface area contributed by atoms with Crippen LogP contribution in [0.3, 0.4) is 0 Å². The molecule has 2 rings (SSSR count). The molecule has 2 aromatic rings. The number of hydrogen-bond acceptors (Lipinski definition) is 3. The van der Waals surface area contributed by atoms with Crippen molar-refractivity contribution in [2.24, 2.45) is 7.05 Å². The standard InChI is InChI=1S/C16H23N3O/c1-12-6-5-7-15(10-12)20-9-8-17-13(2)16-11-19(4)18-14(16)3/h5-7,10-11,13,17H,8-9H2,1-4H3. The molecule has 1 aromatic carbocycles. The Bertz CT molecular complexity index is 563. The minimum atomic E-state index is 0.282. The van der Waals surface area contributed by atoms with E-state index in [9.17, 15) is 0 Å². The van der Waals surface area contributed by atoms with E-state index in [4.69, 9.17) is 4.74 Å². The maximum atomic E-state index is 5.73. The summed E-state index contributed by atoms with van der Waals surface area (Å²) in [6.07, 6.45) is 2.06. The summed E-state index contributed by atoms with van der Waals surface area (Å²) in [5.41, 5.74) is 3.53. The van der Waals surface area contributed by atoms with Gasteiger partial charge in [0.15, 0.2) is 0 Å². The average molecular weight is 273 g/mol. The molecule has 0 aliphatic carbocycles. The molecule has 4 heteroatoms. The molecule has 4 nitrogen and oxygen atoms in total. The van der Waals surface area contributed by atoms with Gasteiger partial charge in [-0.2, -0.15) is 5.10 Å². The fourth-order valence-electron chi connectivity index (χ4n) is 2.30. The number of aromatic nitrogens is 2. The van der Waals surface area contributed by atoms with Gasteiger partial charge in [0.2, 0.25) is 0 Å². The smallest absolute Gasteiger partial charge is 0.119 e. The topological polar surface area (TPSA) is 39.1 Å². The maximum Gasteiger partial charge on any atom is 0.119 e. The Labute approximate surface area is 120 Å². The van der Waals surface area contributed by atoms with Gasteiger partial charge in [0.25, 0.3) is 0 Å². The fraction of sp³-hybridized carbons (Fsp3) is 0.438. The number of benzene rings is 1. The zero-order valence-electron chi connectivity index (χ0n) is 12.7. The van der Waals surface area contributed by atoms with Crippen LogP contribution in [0.15, 0.2) is 30.5 Å². The summed E-state index contributed by atoms with van der Waals surface area (Å²) in [6, 6.07) is 8.40. The van der Waals surface area contributed by atoms with Crippen molar-refractivity contribution in [3.63, 3.8) is 0 Å². The summed E-state index contributed by atoms with van der Waals surface area (Å²) >= 11 is 0. The minimum absolute atomic E-state index is 0.282. The molecular weight excluding hydrogens is 250 g/mol. The van der Waals surface area contributed by atoms with Gasteiger partial charge in [-0.05, 0) is 38.5 Å². The van der Waals surface area contributed by atoms with Crippen LogP contribution in [0.5, 0.6) is 5.75 Å². The van der Waals surface area contributed by atoms with Crippen LogP contribution in [0.4, 0.5) is 0 Å². The Morgan fingerprint density at radius 3 is 2.80 bits per heavy atom. The molecule has 0 aliphatic heterocycles. The SMILES string of the molecule is Cc1cccc(OCCNC(C)c2cn(C)nc2C)c1. The average Bonchev–Trinajstić information content (AvgIpc) is 2.74. The molecule has 20 heavy (non-hydrogen) atoms. The molecule has 1 unspecified atom stereocenters. The lowest BCUT2D eigenvalue weighted by molar-refractivity contribution is 0.307. The van der Waals surface area contributed by atoms with E-state index in [1.54, 1.807) is 0 Å². The molecular formula is C16H23N3O. The van der Waals surface area contributed by atoms with Gasteiger partial charge in [0.05, 0.1) is 5.69 Å². The second-order valence-electron chi connectivity index (χ2n) is 5.18. The van der Waals surface area contributed by atoms with Crippen LogP contribution in [-0.4, -0.2) is 22.9 Å². The summed E-state index contributed by atoms with van der Waals surface area (Å²) in [5, 5.41) is 7.82. The largest absolute Gasteiger partial charge is 0.492 e. The molecule has 0 amide bonds. The predicted molar refractivity (Wildman–Crippen MR) is 81.0 cm³/mol. The molecule has 0 aliphatic rings. The highest BCUT2D eigenvalue weighted by atomic mass is 16.5. The fourth-order valence-corrected chi connectivity index (χ4v) is 2.30. The molecule has 1 atom stereocenters. The molecule has 0 fully saturated rings. The predicted octanol–water partition coefficient (Wildman–Crippen LogP) is 2.77. The Morgan fingerprint density at radius 1 is 1.35 bits per heavy atom. The van der Waals surface area contributed by atoms with Crippen LogP contribution in [0.25, 0.3) is 0 Å². The number of hydrogen-bond donors (Lipinski definition) is 1. The number of nitrogens with zero attached hydrogens (tertiary/aromatic N) is 2. The normalized spacial score (nSPS) is 12.4. The van der Waals surface area contributed by atoms with Gasteiger partial charge in [-0.15, -0.1) is 0 Å². The quantitative estimate of drug-likeness (QED) is 0.823. The van der Waals surface area contributed by atoms with Crippen LogP contribution in [0.1, 0.15) is 29.8 Å². The summed E-state index contributed by atoms with van der Waals surface area (Å²) in [7, 11) is 1.95. The van der Waals surface area contributed by atoms with Crippen LogP contribution >= 0.6 is 0 Å². The van der Waals surface area contributed by atoms with Gasteiger partial charge in [-0.3, -0.25) is 4.68 Å². The third-order valence-corrected chi connectivity index (χ3v) is 3.33. The molecule has 1 aromatic heterocycles. The van der Waals surface area contributed by atoms with Crippen LogP contribution < -0.4 is 10.1 Å². The monoisotopic (exact) mass is 273 g/mol. The van der Waals surface area contributed by atoms with E-state index in [0.29, 0.717) is 6.61 Å². The van der Waals surface area contributed by atoms with E-state index >= 15 is 0 Å². The first kappa shape index (κ1) is 14.6. The van der Waals surface area contributed by atoms with Gasteiger partial charge < -0.3 is 10.1 Å². The van der Waals surface area contributed by atoms with Crippen molar-refractivity contribution in [1.29, 1.82) is 0 Å². The van der Waals surface area contributed by atoms with Gasteiger partial charge >= 0.3 is 0 Å². The molecule has 0 bridgehead atoms.